The number of hydrogen-bond donors (Lipinski definition) is 3. The van der Waals surface area contributed by atoms with Gasteiger partial charge in [-0.15, -0.1) is 12.4 Å². The molecule has 23 heavy (non-hydrogen) atoms. The van der Waals surface area contributed by atoms with Gasteiger partial charge in [0.15, 0.2) is 0 Å². The Hall–Kier alpha value is -0.670. The first kappa shape index (κ1) is 20.4. The summed E-state index contributed by atoms with van der Waals surface area (Å²) in [5.74, 6) is -0.411. The summed E-state index contributed by atoms with van der Waals surface area (Å²) in [6.45, 7) is 0.251. The molecule has 1 aliphatic carbocycles. The van der Waals surface area contributed by atoms with Gasteiger partial charge in [-0.05, 0) is 37.0 Å². The summed E-state index contributed by atoms with van der Waals surface area (Å²) < 4.78 is 28.2. The average Bonchev–Trinajstić information content (AvgIpc) is 2.98. The minimum absolute atomic E-state index is 0. The topological polar surface area (TPSA) is 115 Å². The van der Waals surface area contributed by atoms with Crippen molar-refractivity contribution in [2.24, 2.45) is 17.4 Å². The molecule has 5 N–H and O–H groups in total. The van der Waals surface area contributed by atoms with Crippen molar-refractivity contribution in [3.8, 4) is 0 Å². The Bertz CT molecular complexity index is 663. The summed E-state index contributed by atoms with van der Waals surface area (Å²) in [7, 11) is -3.76. The van der Waals surface area contributed by atoms with Gasteiger partial charge in [-0.2, -0.15) is 0 Å². The zero-order valence-electron chi connectivity index (χ0n) is 12.5. The molecular formula is C14H21BrClN3O3S. The molecule has 0 spiro atoms. The number of nitrogens with two attached hydrogens (primary N) is 2. The molecule has 1 unspecified atom stereocenters. The van der Waals surface area contributed by atoms with Crippen LogP contribution in [-0.4, -0.2) is 26.9 Å². The predicted octanol–water partition coefficient (Wildman–Crippen LogP) is 1.77. The van der Waals surface area contributed by atoms with E-state index in [1.807, 2.05) is 0 Å². The Labute approximate surface area is 151 Å². The molecule has 1 fully saturated rings. The van der Waals surface area contributed by atoms with E-state index >= 15 is 0 Å². The minimum atomic E-state index is -3.76. The number of carbonyl (C=O) groups excluding carboxylic acids is 1. The Morgan fingerprint density at radius 2 is 1.91 bits per heavy atom. The lowest BCUT2D eigenvalue weighted by atomic mass is 9.99. The third kappa shape index (κ3) is 5.15. The standard InChI is InChI=1S/C14H20BrN3O3S.ClH/c15-11-5-10(14(17)19)6-12(7-11)22(20,21)18-13(8-16)9-3-1-2-4-9;/h5-7,9,13,18H,1-4,8,16H2,(H2,17,19);1H. The zero-order valence-corrected chi connectivity index (χ0v) is 15.7. The van der Waals surface area contributed by atoms with Crippen LogP contribution in [-0.2, 0) is 10.0 Å². The van der Waals surface area contributed by atoms with E-state index < -0.39 is 15.9 Å². The quantitative estimate of drug-likeness (QED) is 0.643. The van der Waals surface area contributed by atoms with Crippen molar-refractivity contribution < 1.29 is 13.2 Å². The highest BCUT2D eigenvalue weighted by atomic mass is 79.9. The van der Waals surface area contributed by atoms with E-state index in [1.165, 1.54) is 18.2 Å². The van der Waals surface area contributed by atoms with Crippen LogP contribution in [0.2, 0.25) is 0 Å². The fourth-order valence-electron chi connectivity index (χ4n) is 2.82. The number of carbonyl (C=O) groups is 1. The maximum absolute atomic E-state index is 12.5. The van der Waals surface area contributed by atoms with E-state index in [2.05, 4.69) is 20.7 Å². The SMILES string of the molecule is Cl.NCC(NS(=O)(=O)c1cc(Br)cc(C(N)=O)c1)C1CCCC1. The van der Waals surface area contributed by atoms with Gasteiger partial charge in [0, 0.05) is 22.6 Å². The van der Waals surface area contributed by atoms with Gasteiger partial charge < -0.3 is 11.5 Å². The highest BCUT2D eigenvalue weighted by Gasteiger charge is 2.28. The highest BCUT2D eigenvalue weighted by molar-refractivity contribution is 9.10. The predicted molar refractivity (Wildman–Crippen MR) is 95.0 cm³/mol. The number of hydrogen-bond acceptors (Lipinski definition) is 4. The summed E-state index contributed by atoms with van der Waals surface area (Å²) in [4.78, 5) is 11.3. The van der Waals surface area contributed by atoms with Gasteiger partial charge in [0.1, 0.15) is 0 Å². The second-order valence-electron chi connectivity index (χ2n) is 5.55. The first-order chi connectivity index (χ1) is 10.3. The Kier molecular flexibility index (Phi) is 7.47. The van der Waals surface area contributed by atoms with Gasteiger partial charge in [0.05, 0.1) is 4.90 Å². The summed E-state index contributed by atoms with van der Waals surface area (Å²) in [5.41, 5.74) is 11.1. The maximum Gasteiger partial charge on any atom is 0.248 e. The van der Waals surface area contributed by atoms with Crippen molar-refractivity contribution in [3.05, 3.63) is 28.2 Å². The third-order valence-corrected chi connectivity index (χ3v) is 5.92. The smallest absolute Gasteiger partial charge is 0.248 e. The van der Waals surface area contributed by atoms with Gasteiger partial charge in [-0.1, -0.05) is 28.8 Å². The molecule has 1 aliphatic rings. The number of halogens is 2. The lowest BCUT2D eigenvalue weighted by Crippen LogP contribution is -2.44. The number of benzene rings is 1. The van der Waals surface area contributed by atoms with Crippen LogP contribution in [0.1, 0.15) is 36.0 Å². The lowest BCUT2D eigenvalue weighted by molar-refractivity contribution is 0.1000. The van der Waals surface area contributed by atoms with Crippen molar-refractivity contribution >= 4 is 44.3 Å². The Balaban J connectivity index is 0.00000264. The lowest BCUT2D eigenvalue weighted by Gasteiger charge is -2.23. The summed E-state index contributed by atoms with van der Waals surface area (Å²) in [6.07, 6.45) is 4.17. The molecule has 0 radical (unpaired) electrons. The zero-order chi connectivity index (χ0) is 16.3. The first-order valence-electron chi connectivity index (χ1n) is 7.16. The van der Waals surface area contributed by atoms with Crippen LogP contribution < -0.4 is 16.2 Å². The minimum Gasteiger partial charge on any atom is -0.366 e. The number of nitrogens with one attached hydrogen (secondary N) is 1. The summed E-state index contributed by atoms with van der Waals surface area (Å²) in [5, 5.41) is 0. The van der Waals surface area contributed by atoms with Crippen molar-refractivity contribution in [1.82, 2.24) is 4.72 Å². The molecular weight excluding hydrogens is 406 g/mol. The monoisotopic (exact) mass is 425 g/mol. The van der Waals surface area contributed by atoms with Crippen LogP contribution >= 0.6 is 28.3 Å². The molecule has 1 aromatic rings. The molecule has 1 saturated carbocycles. The van der Waals surface area contributed by atoms with Crippen molar-refractivity contribution in [3.63, 3.8) is 0 Å². The third-order valence-electron chi connectivity index (χ3n) is 4.00. The number of rotatable bonds is 6. The van der Waals surface area contributed by atoms with Crippen LogP contribution in [0.5, 0.6) is 0 Å². The normalized spacial score (nSPS) is 16.8. The van der Waals surface area contributed by atoms with Crippen molar-refractivity contribution in [2.75, 3.05) is 6.54 Å². The Morgan fingerprint density at radius 3 is 2.43 bits per heavy atom. The average molecular weight is 427 g/mol. The van der Waals surface area contributed by atoms with E-state index in [0.29, 0.717) is 4.47 Å². The molecule has 1 aromatic carbocycles. The van der Waals surface area contributed by atoms with Gasteiger partial charge in [-0.3, -0.25) is 4.79 Å². The molecule has 0 aliphatic heterocycles. The molecule has 9 heteroatoms. The molecule has 0 bridgehead atoms. The van der Waals surface area contributed by atoms with E-state index in [1.54, 1.807) is 0 Å². The van der Waals surface area contributed by atoms with E-state index in [9.17, 15) is 13.2 Å². The molecule has 0 saturated heterocycles. The molecule has 0 heterocycles. The number of primary amides is 1. The molecule has 6 nitrogen and oxygen atoms in total. The van der Waals surface area contributed by atoms with E-state index in [0.717, 1.165) is 25.7 Å². The molecule has 0 aromatic heterocycles. The molecule has 1 atom stereocenters. The summed E-state index contributed by atoms with van der Waals surface area (Å²) >= 11 is 3.20. The second-order valence-corrected chi connectivity index (χ2v) is 8.18. The van der Waals surface area contributed by atoms with Gasteiger partial charge in [-0.25, -0.2) is 13.1 Å². The van der Waals surface area contributed by atoms with Crippen LogP contribution in [0, 0.1) is 5.92 Å². The molecule has 1 amide bonds. The first-order valence-corrected chi connectivity index (χ1v) is 9.44. The van der Waals surface area contributed by atoms with E-state index in [-0.39, 0.29) is 41.4 Å². The van der Waals surface area contributed by atoms with Crippen molar-refractivity contribution in [1.29, 1.82) is 0 Å². The maximum atomic E-state index is 12.5. The largest absolute Gasteiger partial charge is 0.366 e. The second kappa shape index (κ2) is 8.43. The van der Waals surface area contributed by atoms with Crippen molar-refractivity contribution in [2.45, 2.75) is 36.6 Å². The van der Waals surface area contributed by atoms with Crippen LogP contribution in [0.25, 0.3) is 0 Å². The van der Waals surface area contributed by atoms with E-state index in [4.69, 9.17) is 11.5 Å². The van der Waals surface area contributed by atoms with Crippen LogP contribution in [0.4, 0.5) is 0 Å². The van der Waals surface area contributed by atoms with Crippen LogP contribution in [0.3, 0.4) is 0 Å². The van der Waals surface area contributed by atoms with Crippen LogP contribution in [0.15, 0.2) is 27.6 Å². The van der Waals surface area contributed by atoms with Gasteiger partial charge >= 0.3 is 0 Å². The fourth-order valence-corrected chi connectivity index (χ4v) is 4.86. The van der Waals surface area contributed by atoms with Gasteiger partial charge in [0.2, 0.25) is 15.9 Å². The summed E-state index contributed by atoms with van der Waals surface area (Å²) in [6, 6.07) is 3.91. The molecule has 130 valence electrons. The highest BCUT2D eigenvalue weighted by Crippen LogP contribution is 2.28. The van der Waals surface area contributed by atoms with Gasteiger partial charge in [0.25, 0.3) is 0 Å². The fraction of sp³-hybridized carbons (Fsp3) is 0.500. The number of amides is 1. The Morgan fingerprint density at radius 1 is 1.30 bits per heavy atom. The molecule has 2 rings (SSSR count). The number of sulfonamides is 1.